The Kier molecular flexibility index (Phi) is 5.92. The van der Waals surface area contributed by atoms with E-state index in [-0.39, 0.29) is 5.91 Å². The number of anilines is 2. The van der Waals surface area contributed by atoms with E-state index in [1.165, 1.54) is 11.4 Å². The van der Waals surface area contributed by atoms with Gasteiger partial charge in [-0.2, -0.15) is 0 Å². The van der Waals surface area contributed by atoms with Crippen LogP contribution in [0.15, 0.2) is 42.5 Å². The summed E-state index contributed by atoms with van der Waals surface area (Å²) in [7, 11) is -1.84. The summed E-state index contributed by atoms with van der Waals surface area (Å²) in [6.45, 7) is 5.66. The van der Waals surface area contributed by atoms with Crippen LogP contribution in [0.5, 0.6) is 5.75 Å². The molecule has 0 heterocycles. The van der Waals surface area contributed by atoms with Gasteiger partial charge in [-0.05, 0) is 68.3 Å². The SMILES string of the molecule is Cc1ccc(NC(=O)[C@@H](C)Oc2ccc(N(C)S(C)(=O)=O)cc2)cc1C. The van der Waals surface area contributed by atoms with E-state index in [9.17, 15) is 13.2 Å². The number of benzene rings is 2. The minimum atomic E-state index is -3.32. The maximum absolute atomic E-state index is 12.3. The highest BCUT2D eigenvalue weighted by molar-refractivity contribution is 7.92. The van der Waals surface area contributed by atoms with Crippen LogP contribution in [0.2, 0.25) is 0 Å². The van der Waals surface area contributed by atoms with Crippen LogP contribution in [0.4, 0.5) is 11.4 Å². The maximum atomic E-state index is 12.3. The molecule has 140 valence electrons. The molecule has 0 aliphatic carbocycles. The average Bonchev–Trinajstić information content (AvgIpc) is 2.57. The smallest absolute Gasteiger partial charge is 0.265 e. The number of amides is 1. The van der Waals surface area contributed by atoms with Crippen molar-refractivity contribution in [2.75, 3.05) is 22.9 Å². The monoisotopic (exact) mass is 376 g/mol. The predicted molar refractivity (Wildman–Crippen MR) is 104 cm³/mol. The third kappa shape index (κ3) is 4.98. The Morgan fingerprint density at radius 2 is 1.69 bits per heavy atom. The molecule has 2 aromatic rings. The van der Waals surface area contributed by atoms with Crippen LogP contribution >= 0.6 is 0 Å². The molecule has 0 saturated carbocycles. The van der Waals surface area contributed by atoms with E-state index < -0.39 is 16.1 Å². The summed E-state index contributed by atoms with van der Waals surface area (Å²) in [5, 5.41) is 2.83. The summed E-state index contributed by atoms with van der Waals surface area (Å²) >= 11 is 0. The molecule has 0 aliphatic rings. The Morgan fingerprint density at radius 1 is 1.08 bits per heavy atom. The van der Waals surface area contributed by atoms with E-state index in [1.54, 1.807) is 31.2 Å². The number of hydrogen-bond acceptors (Lipinski definition) is 4. The number of ether oxygens (including phenoxy) is 1. The second kappa shape index (κ2) is 7.78. The Morgan fingerprint density at radius 3 is 2.23 bits per heavy atom. The van der Waals surface area contributed by atoms with Crippen LogP contribution in [0, 0.1) is 13.8 Å². The van der Waals surface area contributed by atoms with Gasteiger partial charge >= 0.3 is 0 Å². The first kappa shape index (κ1) is 19.8. The number of nitrogens with one attached hydrogen (secondary N) is 1. The van der Waals surface area contributed by atoms with E-state index >= 15 is 0 Å². The standard InChI is InChI=1S/C19H24N2O4S/c1-13-6-7-16(12-14(13)2)20-19(22)15(3)25-18-10-8-17(9-11-18)21(4)26(5,23)24/h6-12,15H,1-5H3,(H,20,22)/t15-/m1/s1. The van der Waals surface area contributed by atoms with Gasteiger partial charge in [0, 0.05) is 12.7 Å². The second-order valence-corrected chi connectivity index (χ2v) is 8.29. The van der Waals surface area contributed by atoms with Crippen molar-refractivity contribution in [1.29, 1.82) is 0 Å². The van der Waals surface area contributed by atoms with Crippen molar-refractivity contribution < 1.29 is 17.9 Å². The molecule has 0 aliphatic heterocycles. The van der Waals surface area contributed by atoms with Gasteiger partial charge in [0.2, 0.25) is 10.0 Å². The van der Waals surface area contributed by atoms with E-state index in [4.69, 9.17) is 4.74 Å². The molecule has 0 aromatic heterocycles. The fourth-order valence-corrected chi connectivity index (χ4v) is 2.75. The molecular formula is C19H24N2O4S. The van der Waals surface area contributed by atoms with Crippen LogP contribution < -0.4 is 14.4 Å². The summed E-state index contributed by atoms with van der Waals surface area (Å²) in [5.74, 6) is 0.226. The molecule has 0 spiro atoms. The molecule has 7 heteroatoms. The zero-order valence-electron chi connectivity index (χ0n) is 15.6. The molecule has 1 N–H and O–H groups in total. The van der Waals surface area contributed by atoms with Gasteiger partial charge in [0.15, 0.2) is 6.10 Å². The van der Waals surface area contributed by atoms with Gasteiger partial charge in [0.05, 0.1) is 11.9 Å². The van der Waals surface area contributed by atoms with Crippen molar-refractivity contribution in [2.45, 2.75) is 26.9 Å². The largest absolute Gasteiger partial charge is 0.481 e. The van der Waals surface area contributed by atoms with Crippen LogP contribution in [0.3, 0.4) is 0 Å². The topological polar surface area (TPSA) is 75.7 Å². The lowest BCUT2D eigenvalue weighted by atomic mass is 10.1. The fourth-order valence-electron chi connectivity index (χ4n) is 2.25. The second-order valence-electron chi connectivity index (χ2n) is 6.27. The third-order valence-electron chi connectivity index (χ3n) is 4.15. The quantitative estimate of drug-likeness (QED) is 0.840. The molecule has 0 bridgehead atoms. The van der Waals surface area contributed by atoms with Gasteiger partial charge in [-0.3, -0.25) is 9.10 Å². The van der Waals surface area contributed by atoms with Gasteiger partial charge in [-0.25, -0.2) is 8.42 Å². The number of sulfonamides is 1. The van der Waals surface area contributed by atoms with Crippen LogP contribution in [-0.2, 0) is 14.8 Å². The molecule has 26 heavy (non-hydrogen) atoms. The zero-order valence-corrected chi connectivity index (χ0v) is 16.4. The van der Waals surface area contributed by atoms with Gasteiger partial charge in [0.25, 0.3) is 5.91 Å². The van der Waals surface area contributed by atoms with E-state index in [1.807, 2.05) is 32.0 Å². The van der Waals surface area contributed by atoms with Gasteiger partial charge in [0.1, 0.15) is 5.75 Å². The minimum absolute atomic E-state index is 0.259. The van der Waals surface area contributed by atoms with Crippen molar-refractivity contribution in [3.05, 3.63) is 53.6 Å². The maximum Gasteiger partial charge on any atom is 0.265 e. The highest BCUT2D eigenvalue weighted by Gasteiger charge is 2.16. The average molecular weight is 376 g/mol. The molecular weight excluding hydrogens is 352 g/mol. The normalized spacial score (nSPS) is 12.3. The Labute approximate surface area is 154 Å². The van der Waals surface area contributed by atoms with Crippen LogP contribution in [0.25, 0.3) is 0 Å². The lowest BCUT2D eigenvalue weighted by Gasteiger charge is -2.18. The van der Waals surface area contributed by atoms with Crippen LogP contribution in [-0.4, -0.2) is 33.7 Å². The molecule has 2 aromatic carbocycles. The van der Waals surface area contributed by atoms with Crippen molar-refractivity contribution in [1.82, 2.24) is 0 Å². The Hall–Kier alpha value is -2.54. The zero-order chi connectivity index (χ0) is 19.5. The van der Waals surface area contributed by atoms with E-state index in [0.717, 1.165) is 23.1 Å². The number of rotatable bonds is 6. The lowest BCUT2D eigenvalue weighted by molar-refractivity contribution is -0.122. The molecule has 0 radical (unpaired) electrons. The molecule has 0 fully saturated rings. The predicted octanol–water partition coefficient (Wildman–Crippen LogP) is 3.11. The van der Waals surface area contributed by atoms with Crippen molar-refractivity contribution >= 4 is 27.3 Å². The molecule has 6 nitrogen and oxygen atoms in total. The number of carbonyl (C=O) groups excluding carboxylic acids is 1. The van der Waals surface area contributed by atoms with Gasteiger partial charge < -0.3 is 10.1 Å². The third-order valence-corrected chi connectivity index (χ3v) is 5.36. The Bertz CT molecular complexity index is 892. The first-order valence-electron chi connectivity index (χ1n) is 8.16. The number of carbonyl (C=O) groups is 1. The van der Waals surface area contributed by atoms with Crippen molar-refractivity contribution in [2.24, 2.45) is 0 Å². The lowest BCUT2D eigenvalue weighted by Crippen LogP contribution is -2.30. The summed E-state index contributed by atoms with van der Waals surface area (Å²) in [6, 6.07) is 12.2. The first-order valence-corrected chi connectivity index (χ1v) is 10.0. The van der Waals surface area contributed by atoms with Crippen LogP contribution in [0.1, 0.15) is 18.1 Å². The minimum Gasteiger partial charge on any atom is -0.481 e. The number of nitrogens with zero attached hydrogens (tertiary/aromatic N) is 1. The summed E-state index contributed by atoms with van der Waals surface area (Å²) in [6.07, 6.45) is 0.437. The summed E-state index contributed by atoms with van der Waals surface area (Å²) < 4.78 is 29.9. The highest BCUT2D eigenvalue weighted by atomic mass is 32.2. The summed E-state index contributed by atoms with van der Waals surface area (Å²) in [4.78, 5) is 12.3. The molecule has 0 unspecified atom stereocenters. The molecule has 2 rings (SSSR count). The fraction of sp³-hybridized carbons (Fsp3) is 0.316. The first-order chi connectivity index (χ1) is 12.1. The van der Waals surface area contributed by atoms with E-state index in [0.29, 0.717) is 11.4 Å². The number of hydrogen-bond donors (Lipinski definition) is 1. The Balaban J connectivity index is 2.01. The van der Waals surface area contributed by atoms with Crippen molar-refractivity contribution in [3.8, 4) is 5.75 Å². The molecule has 1 amide bonds. The van der Waals surface area contributed by atoms with Gasteiger partial charge in [-0.15, -0.1) is 0 Å². The molecule has 0 saturated heterocycles. The van der Waals surface area contributed by atoms with Crippen molar-refractivity contribution in [3.63, 3.8) is 0 Å². The van der Waals surface area contributed by atoms with Gasteiger partial charge in [-0.1, -0.05) is 6.07 Å². The highest BCUT2D eigenvalue weighted by Crippen LogP contribution is 2.21. The number of aryl methyl sites for hydroxylation is 2. The van der Waals surface area contributed by atoms with E-state index in [2.05, 4.69) is 5.32 Å². The molecule has 1 atom stereocenters. The summed E-state index contributed by atoms with van der Waals surface area (Å²) in [5.41, 5.74) is 3.50.